The smallest absolute Gasteiger partial charge is 0.00300 e. The summed E-state index contributed by atoms with van der Waals surface area (Å²) in [4.78, 5) is 2.71. The molecule has 0 N–H and O–H groups in total. The maximum Gasteiger partial charge on any atom is 0.00300 e. The summed E-state index contributed by atoms with van der Waals surface area (Å²) in [6.07, 6.45) is 10.4. The molecule has 21 heavy (non-hydrogen) atoms. The molecular weight excluding hydrogens is 254 g/mol. The first-order valence-electron chi connectivity index (χ1n) is 9.29. The van der Waals surface area contributed by atoms with Crippen molar-refractivity contribution in [3.63, 3.8) is 0 Å². The van der Waals surface area contributed by atoms with Crippen molar-refractivity contribution in [3.8, 4) is 0 Å². The minimum absolute atomic E-state index is 0.453. The van der Waals surface area contributed by atoms with Crippen LogP contribution in [0.2, 0.25) is 0 Å². The topological polar surface area (TPSA) is 3.24 Å². The zero-order valence-electron chi connectivity index (χ0n) is 15.6. The minimum Gasteiger partial charge on any atom is -0.303 e. The van der Waals surface area contributed by atoms with E-state index in [1.54, 1.807) is 0 Å². The van der Waals surface area contributed by atoms with Crippen molar-refractivity contribution in [2.75, 3.05) is 19.6 Å². The first kappa shape index (κ1) is 17.3. The van der Waals surface area contributed by atoms with Crippen molar-refractivity contribution in [1.29, 1.82) is 0 Å². The van der Waals surface area contributed by atoms with E-state index in [0.29, 0.717) is 10.8 Å². The van der Waals surface area contributed by atoms with Gasteiger partial charge in [-0.25, -0.2) is 0 Å². The molecule has 0 aromatic rings. The third kappa shape index (κ3) is 5.58. The molecule has 1 saturated heterocycles. The molecule has 0 bridgehead atoms. The van der Waals surface area contributed by atoms with Gasteiger partial charge in [0, 0.05) is 6.54 Å². The van der Waals surface area contributed by atoms with Gasteiger partial charge in [-0.1, -0.05) is 41.5 Å². The third-order valence-corrected chi connectivity index (χ3v) is 5.68. The fourth-order valence-corrected chi connectivity index (χ4v) is 4.72. The zero-order valence-corrected chi connectivity index (χ0v) is 15.6. The summed E-state index contributed by atoms with van der Waals surface area (Å²) in [6, 6.07) is 0. The Morgan fingerprint density at radius 3 is 1.76 bits per heavy atom. The van der Waals surface area contributed by atoms with E-state index in [1.807, 2.05) is 0 Å². The van der Waals surface area contributed by atoms with Crippen molar-refractivity contribution in [2.45, 2.75) is 86.5 Å². The van der Waals surface area contributed by atoms with Crippen LogP contribution in [0.15, 0.2) is 0 Å². The van der Waals surface area contributed by atoms with Crippen LogP contribution in [-0.2, 0) is 0 Å². The summed E-state index contributed by atoms with van der Waals surface area (Å²) < 4.78 is 0. The predicted octanol–water partition coefficient (Wildman–Crippen LogP) is 5.74. The van der Waals surface area contributed by atoms with Gasteiger partial charge in [-0.3, -0.25) is 0 Å². The molecule has 1 heteroatoms. The fraction of sp³-hybridized carbons (Fsp3) is 1.00. The van der Waals surface area contributed by atoms with E-state index in [2.05, 4.69) is 46.4 Å². The molecule has 2 aliphatic rings. The lowest BCUT2D eigenvalue weighted by atomic mass is 9.63. The van der Waals surface area contributed by atoms with Crippen LogP contribution < -0.4 is 0 Å². The van der Waals surface area contributed by atoms with Crippen LogP contribution in [0.5, 0.6) is 0 Å². The van der Waals surface area contributed by atoms with Crippen LogP contribution in [0.4, 0.5) is 0 Å². The Morgan fingerprint density at radius 1 is 0.810 bits per heavy atom. The molecule has 124 valence electrons. The summed E-state index contributed by atoms with van der Waals surface area (Å²) in [5.74, 6) is 1.00. The molecule has 1 aliphatic heterocycles. The Kier molecular flexibility index (Phi) is 5.13. The van der Waals surface area contributed by atoms with E-state index in [4.69, 9.17) is 0 Å². The van der Waals surface area contributed by atoms with Gasteiger partial charge in [-0.2, -0.15) is 0 Å². The minimum atomic E-state index is 0.453. The molecule has 1 heterocycles. The van der Waals surface area contributed by atoms with Gasteiger partial charge in [0.15, 0.2) is 0 Å². The summed E-state index contributed by atoms with van der Waals surface area (Å²) in [5.41, 5.74) is 1.70. The van der Waals surface area contributed by atoms with E-state index < -0.39 is 0 Å². The van der Waals surface area contributed by atoms with Crippen LogP contribution >= 0.6 is 0 Å². The highest BCUT2D eigenvalue weighted by atomic mass is 15.1. The lowest BCUT2D eigenvalue weighted by Crippen LogP contribution is -2.44. The van der Waals surface area contributed by atoms with E-state index in [-0.39, 0.29) is 0 Å². The van der Waals surface area contributed by atoms with Crippen LogP contribution in [-0.4, -0.2) is 24.5 Å². The van der Waals surface area contributed by atoms with Gasteiger partial charge >= 0.3 is 0 Å². The van der Waals surface area contributed by atoms with Crippen molar-refractivity contribution in [1.82, 2.24) is 4.90 Å². The Bertz CT molecular complexity index is 277. The van der Waals surface area contributed by atoms with E-state index in [0.717, 1.165) is 11.3 Å². The summed E-state index contributed by atoms with van der Waals surface area (Å²) >= 11 is 0. The van der Waals surface area contributed by atoms with Gasteiger partial charge in [0.2, 0.25) is 0 Å². The van der Waals surface area contributed by atoms with Crippen molar-refractivity contribution in [2.24, 2.45) is 22.2 Å². The van der Waals surface area contributed by atoms with E-state index >= 15 is 0 Å². The van der Waals surface area contributed by atoms with Gasteiger partial charge in [0.25, 0.3) is 0 Å². The van der Waals surface area contributed by atoms with E-state index in [9.17, 15) is 0 Å². The first-order valence-corrected chi connectivity index (χ1v) is 9.29. The lowest BCUT2D eigenvalue weighted by molar-refractivity contribution is 0.0330. The largest absolute Gasteiger partial charge is 0.303 e. The quantitative estimate of drug-likeness (QED) is 0.627. The number of hydrogen-bond donors (Lipinski definition) is 0. The van der Waals surface area contributed by atoms with Gasteiger partial charge in [0.1, 0.15) is 0 Å². The van der Waals surface area contributed by atoms with Gasteiger partial charge < -0.3 is 4.90 Å². The highest BCUT2D eigenvalue weighted by Crippen LogP contribution is 2.48. The molecule has 0 radical (unpaired) electrons. The molecule has 0 aromatic carbocycles. The summed E-state index contributed by atoms with van der Waals surface area (Å²) in [5, 5.41) is 0. The second kappa shape index (κ2) is 6.22. The fourth-order valence-electron chi connectivity index (χ4n) is 4.72. The second-order valence-electron chi connectivity index (χ2n) is 10.5. The molecular formula is C20H39N. The zero-order chi connectivity index (χ0) is 15.7. The lowest BCUT2D eigenvalue weighted by Gasteiger charge is -2.47. The predicted molar refractivity (Wildman–Crippen MR) is 93.6 cm³/mol. The van der Waals surface area contributed by atoms with Crippen LogP contribution in [0.3, 0.4) is 0 Å². The SMILES string of the molecule is CC(C)(C)CC1CCC2(CC1)CCN(CC(C)(C)C)CC2. The number of nitrogens with zero attached hydrogens (tertiary/aromatic N) is 1. The molecule has 1 aliphatic carbocycles. The first-order chi connectivity index (χ1) is 9.57. The Hall–Kier alpha value is -0.0400. The molecule has 0 amide bonds. The van der Waals surface area contributed by atoms with Gasteiger partial charge in [-0.05, 0) is 80.2 Å². The van der Waals surface area contributed by atoms with Crippen LogP contribution in [0.25, 0.3) is 0 Å². The van der Waals surface area contributed by atoms with Crippen LogP contribution in [0, 0.1) is 22.2 Å². The Balaban J connectivity index is 1.78. The summed E-state index contributed by atoms with van der Waals surface area (Å²) in [6.45, 7) is 18.3. The third-order valence-electron chi connectivity index (χ3n) is 5.68. The van der Waals surface area contributed by atoms with E-state index in [1.165, 1.54) is 64.6 Å². The molecule has 0 aromatic heterocycles. The van der Waals surface area contributed by atoms with Crippen molar-refractivity contribution < 1.29 is 0 Å². The standard InChI is InChI=1S/C20H39N/c1-18(2,3)15-17-7-9-20(10-8-17)11-13-21(14-12-20)16-19(4,5)6/h17H,7-16H2,1-6H3. The molecule has 0 unspecified atom stereocenters. The second-order valence-corrected chi connectivity index (χ2v) is 10.5. The average Bonchev–Trinajstić information content (AvgIpc) is 2.32. The highest BCUT2D eigenvalue weighted by Gasteiger charge is 2.39. The molecule has 1 saturated carbocycles. The number of rotatable bonds is 2. The number of hydrogen-bond acceptors (Lipinski definition) is 1. The van der Waals surface area contributed by atoms with Gasteiger partial charge in [0.05, 0.1) is 0 Å². The molecule has 1 nitrogen and oxygen atoms in total. The molecule has 1 spiro atoms. The number of piperidine rings is 1. The normalized spacial score (nSPS) is 25.4. The highest BCUT2D eigenvalue weighted by molar-refractivity contribution is 4.91. The van der Waals surface area contributed by atoms with Gasteiger partial charge in [-0.15, -0.1) is 0 Å². The maximum atomic E-state index is 2.71. The molecule has 2 fully saturated rings. The molecule has 2 rings (SSSR count). The number of likely N-dealkylation sites (tertiary alicyclic amines) is 1. The monoisotopic (exact) mass is 293 g/mol. The van der Waals surface area contributed by atoms with Crippen LogP contribution in [0.1, 0.15) is 86.5 Å². The summed E-state index contributed by atoms with van der Waals surface area (Å²) in [7, 11) is 0. The molecule has 0 atom stereocenters. The van der Waals surface area contributed by atoms with Crippen molar-refractivity contribution in [3.05, 3.63) is 0 Å². The average molecular weight is 294 g/mol. The van der Waals surface area contributed by atoms with Crippen molar-refractivity contribution >= 4 is 0 Å². The maximum absolute atomic E-state index is 2.71. The Labute approximate surface area is 133 Å². The Morgan fingerprint density at radius 2 is 1.33 bits per heavy atom.